The first kappa shape index (κ1) is 37.6. The number of hydrogen-bond acceptors (Lipinski definition) is 9. The van der Waals surface area contributed by atoms with E-state index in [0.29, 0.717) is 17.9 Å². The molecule has 0 aliphatic rings. The maximum atomic E-state index is 12.1. The lowest BCUT2D eigenvalue weighted by atomic mass is 10.2. The Labute approximate surface area is 270 Å². The normalized spacial score (nSPS) is 11.7. The minimum atomic E-state index is -3.94. The fourth-order valence-corrected chi connectivity index (χ4v) is 6.48. The molecule has 0 saturated heterocycles. The van der Waals surface area contributed by atoms with E-state index in [0.717, 1.165) is 21.1 Å². The molecule has 0 atom stereocenters. The van der Waals surface area contributed by atoms with Crippen LogP contribution in [0.3, 0.4) is 0 Å². The summed E-state index contributed by atoms with van der Waals surface area (Å²) in [5, 5.41) is 0. The summed E-state index contributed by atoms with van der Waals surface area (Å²) in [5.74, 6) is 0.0941. The van der Waals surface area contributed by atoms with Gasteiger partial charge in [-0.2, -0.15) is 0 Å². The Morgan fingerprint density at radius 3 is 1.47 bits per heavy atom. The molecule has 3 rings (SSSR count). The number of unbranched alkanes of at least 4 members (excludes halogenated alkanes) is 1. The van der Waals surface area contributed by atoms with Crippen LogP contribution in [0, 0.1) is 0 Å². The van der Waals surface area contributed by atoms with E-state index in [1.807, 2.05) is 115 Å². The van der Waals surface area contributed by atoms with Gasteiger partial charge in [0.05, 0.1) is 21.0 Å². The number of ether oxygens (including phenoxy) is 4. The zero-order chi connectivity index (χ0) is 33.7. The van der Waals surface area contributed by atoms with Crippen LogP contribution in [0.1, 0.15) is 61.3 Å². The fraction of sp³-hybridized carbons (Fsp3) is 0.412. The molecule has 246 valence electrons. The highest BCUT2D eigenvalue weighted by molar-refractivity contribution is 7.97. The Hall–Kier alpha value is -3.54. The van der Waals surface area contributed by atoms with Crippen molar-refractivity contribution in [3.05, 3.63) is 78.9 Å². The van der Waals surface area contributed by atoms with Crippen molar-refractivity contribution < 1.29 is 41.5 Å². The summed E-state index contributed by atoms with van der Waals surface area (Å²) in [6.07, 6.45) is 1.23. The lowest BCUT2D eigenvalue weighted by Gasteiger charge is -2.19. The topological polar surface area (TPSA) is 128 Å². The molecule has 0 saturated carbocycles. The second kappa shape index (κ2) is 17.2. The molecule has 0 radical (unpaired) electrons. The van der Waals surface area contributed by atoms with Gasteiger partial charge in [0.2, 0.25) is 0 Å². The number of hydrogen-bond donors (Lipinski definition) is 0. The lowest BCUT2D eigenvalue weighted by Crippen LogP contribution is -2.27. The molecule has 0 N–H and O–H groups in total. The molecule has 3 aromatic rings. The van der Waals surface area contributed by atoms with Crippen molar-refractivity contribution >= 4 is 33.0 Å². The second-order valence-electron chi connectivity index (χ2n) is 11.9. The summed E-state index contributed by atoms with van der Waals surface area (Å²) in [7, 11) is -4.42. The van der Waals surface area contributed by atoms with E-state index in [1.54, 1.807) is 0 Å². The van der Waals surface area contributed by atoms with Crippen molar-refractivity contribution in [1.82, 2.24) is 0 Å². The zero-order valence-corrected chi connectivity index (χ0v) is 28.7. The summed E-state index contributed by atoms with van der Waals surface area (Å²) in [5.41, 5.74) is -1.14. The van der Waals surface area contributed by atoms with Gasteiger partial charge in [-0.25, -0.2) is 18.0 Å². The van der Waals surface area contributed by atoms with Gasteiger partial charge in [0.25, 0.3) is 0 Å². The van der Waals surface area contributed by atoms with Gasteiger partial charge < -0.3 is 23.5 Å². The van der Waals surface area contributed by atoms with Crippen LogP contribution in [0.15, 0.2) is 93.5 Å². The van der Waals surface area contributed by atoms with E-state index >= 15 is 0 Å². The standard InChI is InChI=1S/C30H35O6S.C4H10O3S/c1-29(2,3)35-27(31)20-33-22-12-10-16-25(18-22)37(24-14-8-7-9-15-24)26-17-11-13-23(19-26)34-21-28(32)36-30(4,5)6;1-2-3-4-8(5,6)7/h7-19H,20-21H2,1-6H3;2-4H2,1H3,(H,5,6,7)/q+1;/p-1. The van der Waals surface area contributed by atoms with E-state index in [4.69, 9.17) is 18.9 Å². The summed E-state index contributed by atoms with van der Waals surface area (Å²) >= 11 is 0. The Kier molecular flexibility index (Phi) is 14.4. The minimum absolute atomic E-state index is 0.173. The maximum Gasteiger partial charge on any atom is 0.344 e. The molecule has 0 aliphatic heterocycles. The Morgan fingerprint density at radius 2 is 1.11 bits per heavy atom. The highest BCUT2D eigenvalue weighted by Crippen LogP contribution is 2.34. The van der Waals surface area contributed by atoms with Gasteiger partial charge in [-0.1, -0.05) is 43.7 Å². The van der Waals surface area contributed by atoms with E-state index in [-0.39, 0.29) is 19.0 Å². The van der Waals surface area contributed by atoms with Gasteiger partial charge in [-0.3, -0.25) is 0 Å². The molecule has 0 aliphatic carbocycles. The number of benzene rings is 3. The van der Waals surface area contributed by atoms with Crippen LogP contribution >= 0.6 is 0 Å². The average Bonchev–Trinajstić information content (AvgIpc) is 2.93. The van der Waals surface area contributed by atoms with Gasteiger partial charge >= 0.3 is 11.9 Å². The van der Waals surface area contributed by atoms with Crippen LogP contribution in [0.4, 0.5) is 0 Å². The Balaban J connectivity index is 0.000000777. The largest absolute Gasteiger partial charge is 0.748 e. The smallest absolute Gasteiger partial charge is 0.344 e. The monoisotopic (exact) mass is 660 g/mol. The maximum absolute atomic E-state index is 12.1. The van der Waals surface area contributed by atoms with Crippen LogP contribution in [0.5, 0.6) is 11.5 Å². The van der Waals surface area contributed by atoms with Crippen LogP contribution in [0.2, 0.25) is 0 Å². The lowest BCUT2D eigenvalue weighted by molar-refractivity contribution is -0.158. The molecule has 0 bridgehead atoms. The summed E-state index contributed by atoms with van der Waals surface area (Å²) in [6.45, 7) is 12.4. The van der Waals surface area contributed by atoms with Crippen molar-refractivity contribution in [2.75, 3.05) is 19.0 Å². The van der Waals surface area contributed by atoms with E-state index in [2.05, 4.69) is 12.1 Å². The third-order valence-electron chi connectivity index (χ3n) is 5.36. The molecule has 0 heterocycles. The highest BCUT2D eigenvalue weighted by Gasteiger charge is 2.30. The molecular weight excluding hydrogens is 616 g/mol. The van der Waals surface area contributed by atoms with Gasteiger partial charge in [0.1, 0.15) is 22.7 Å². The molecule has 9 nitrogen and oxygen atoms in total. The molecule has 45 heavy (non-hydrogen) atoms. The SMILES string of the molecule is CC(C)(C)OC(=O)COc1cccc([S+](c2ccccc2)c2cccc(OCC(=O)OC(C)(C)C)c2)c1.CCCCS(=O)(=O)[O-]. The van der Waals surface area contributed by atoms with E-state index < -0.39 is 44.2 Å². The molecule has 0 aromatic heterocycles. The first-order valence-electron chi connectivity index (χ1n) is 14.6. The van der Waals surface area contributed by atoms with Crippen molar-refractivity contribution in [2.45, 2.75) is 87.2 Å². The molecule has 0 spiro atoms. The minimum Gasteiger partial charge on any atom is -0.748 e. The number of carbonyl (C=O) groups is 2. The molecular formula is C34H44O9S2. The quantitative estimate of drug-likeness (QED) is 0.121. The first-order chi connectivity index (χ1) is 21.0. The second-order valence-corrected chi connectivity index (χ2v) is 15.5. The first-order valence-corrected chi connectivity index (χ1v) is 17.4. The summed E-state index contributed by atoms with van der Waals surface area (Å²) < 4.78 is 51.7. The van der Waals surface area contributed by atoms with Gasteiger partial charge in [0.15, 0.2) is 27.9 Å². The third-order valence-corrected chi connectivity index (χ3v) is 8.35. The molecule has 3 aromatic carbocycles. The van der Waals surface area contributed by atoms with Crippen LogP contribution in [-0.4, -0.2) is 55.1 Å². The molecule has 0 fully saturated rings. The third kappa shape index (κ3) is 15.8. The van der Waals surface area contributed by atoms with Crippen molar-refractivity contribution in [2.24, 2.45) is 0 Å². The molecule has 0 amide bonds. The molecule has 11 heteroatoms. The van der Waals surface area contributed by atoms with Crippen LogP contribution < -0.4 is 9.47 Å². The van der Waals surface area contributed by atoms with Crippen molar-refractivity contribution in [1.29, 1.82) is 0 Å². The Morgan fingerprint density at radius 1 is 0.689 bits per heavy atom. The van der Waals surface area contributed by atoms with Crippen molar-refractivity contribution in [3.63, 3.8) is 0 Å². The summed E-state index contributed by atoms with van der Waals surface area (Å²) in [6, 6.07) is 25.5. The molecule has 0 unspecified atom stereocenters. The van der Waals surface area contributed by atoms with Crippen LogP contribution in [-0.2, 0) is 40.1 Å². The zero-order valence-electron chi connectivity index (χ0n) is 27.0. The number of rotatable bonds is 12. The summed E-state index contributed by atoms with van der Waals surface area (Å²) in [4.78, 5) is 27.4. The highest BCUT2D eigenvalue weighted by atomic mass is 32.2. The van der Waals surface area contributed by atoms with Crippen LogP contribution in [0.25, 0.3) is 0 Å². The number of esters is 2. The average molecular weight is 661 g/mol. The van der Waals surface area contributed by atoms with E-state index in [1.165, 1.54) is 0 Å². The van der Waals surface area contributed by atoms with Crippen molar-refractivity contribution in [3.8, 4) is 11.5 Å². The number of carbonyl (C=O) groups excluding carboxylic acids is 2. The fourth-order valence-electron chi connectivity index (χ4n) is 3.69. The van der Waals surface area contributed by atoms with Gasteiger partial charge in [-0.05, 0) is 84.4 Å². The predicted octanol–water partition coefficient (Wildman–Crippen LogP) is 6.55. The predicted molar refractivity (Wildman–Crippen MR) is 174 cm³/mol. The van der Waals surface area contributed by atoms with E-state index in [9.17, 15) is 22.6 Å². The van der Waals surface area contributed by atoms with Gasteiger partial charge in [-0.15, -0.1) is 0 Å². The van der Waals surface area contributed by atoms with Gasteiger partial charge in [0, 0.05) is 17.9 Å². The Bertz CT molecular complexity index is 1400.